The number of hydrogen-bond donors (Lipinski definition) is 0. The molecular formula is C26H23N5O4. The van der Waals surface area contributed by atoms with Gasteiger partial charge in [0.2, 0.25) is 5.95 Å². The SMILES string of the molecule is COc1ccccc1[C@H]1C[C@@H](c2ccc(C)cc2)N(C(=O)c2cccc([N+](=O)[O-])c2)c2ncnn21. The summed E-state index contributed by atoms with van der Waals surface area (Å²) in [5.74, 6) is 0.710. The third-order valence-electron chi connectivity index (χ3n) is 6.31. The Morgan fingerprint density at radius 1 is 1.06 bits per heavy atom. The second kappa shape index (κ2) is 9.02. The molecule has 1 aliphatic rings. The summed E-state index contributed by atoms with van der Waals surface area (Å²) in [4.78, 5) is 30.7. The zero-order valence-electron chi connectivity index (χ0n) is 19.2. The highest BCUT2D eigenvalue weighted by molar-refractivity contribution is 6.06. The number of nitro groups is 1. The molecule has 0 N–H and O–H groups in total. The molecule has 0 aliphatic carbocycles. The quantitative estimate of drug-likeness (QED) is 0.305. The van der Waals surface area contributed by atoms with E-state index in [1.165, 1.54) is 24.5 Å². The van der Waals surface area contributed by atoms with Gasteiger partial charge in [0, 0.05) is 23.3 Å². The minimum atomic E-state index is -0.509. The van der Waals surface area contributed by atoms with E-state index in [2.05, 4.69) is 10.1 Å². The van der Waals surface area contributed by atoms with E-state index in [-0.39, 0.29) is 29.2 Å². The molecule has 3 aromatic carbocycles. The van der Waals surface area contributed by atoms with Crippen LogP contribution in [0.15, 0.2) is 79.1 Å². The largest absolute Gasteiger partial charge is 0.496 e. The third-order valence-corrected chi connectivity index (χ3v) is 6.31. The Kier molecular flexibility index (Phi) is 5.74. The van der Waals surface area contributed by atoms with Crippen LogP contribution in [0.4, 0.5) is 11.6 Å². The standard InChI is InChI=1S/C26H23N5O4/c1-17-10-12-18(13-11-17)22-15-23(21-8-3-4-9-24(21)35-2)30-26(27-16-28-30)29(22)25(32)19-6-5-7-20(14-19)31(33)34/h3-14,16,22-23H,15H2,1-2H3/t22-,23+/m0/s1. The maximum atomic E-state index is 13.8. The lowest BCUT2D eigenvalue weighted by Gasteiger charge is -2.39. The third kappa shape index (κ3) is 4.01. The summed E-state index contributed by atoms with van der Waals surface area (Å²) in [7, 11) is 1.62. The van der Waals surface area contributed by atoms with Crippen molar-refractivity contribution < 1.29 is 14.5 Å². The average Bonchev–Trinajstić information content (AvgIpc) is 3.38. The minimum absolute atomic E-state index is 0.145. The number of benzene rings is 3. The molecule has 0 unspecified atom stereocenters. The normalized spacial score (nSPS) is 17.0. The first-order valence-corrected chi connectivity index (χ1v) is 11.1. The molecule has 0 fully saturated rings. The van der Waals surface area contributed by atoms with Gasteiger partial charge in [0.1, 0.15) is 12.1 Å². The first-order chi connectivity index (χ1) is 17.0. The van der Waals surface area contributed by atoms with E-state index in [1.807, 2.05) is 55.5 Å². The van der Waals surface area contributed by atoms with Crippen molar-refractivity contribution in [2.45, 2.75) is 25.4 Å². The van der Waals surface area contributed by atoms with Gasteiger partial charge in [0.15, 0.2) is 0 Å². The summed E-state index contributed by atoms with van der Waals surface area (Å²) in [5, 5.41) is 15.8. The van der Waals surface area contributed by atoms with Crippen LogP contribution in [0.2, 0.25) is 0 Å². The van der Waals surface area contributed by atoms with Gasteiger partial charge in [-0.1, -0.05) is 54.1 Å². The summed E-state index contributed by atoms with van der Waals surface area (Å²) in [6.45, 7) is 2.00. The monoisotopic (exact) mass is 469 g/mol. The number of aryl methyl sites for hydroxylation is 1. The number of non-ortho nitro benzene ring substituents is 1. The van der Waals surface area contributed by atoms with Crippen LogP contribution in [0.3, 0.4) is 0 Å². The molecule has 1 amide bonds. The fourth-order valence-electron chi connectivity index (χ4n) is 4.59. The van der Waals surface area contributed by atoms with Crippen LogP contribution < -0.4 is 9.64 Å². The van der Waals surface area contributed by atoms with Gasteiger partial charge in [0.25, 0.3) is 11.6 Å². The molecule has 2 atom stereocenters. The van der Waals surface area contributed by atoms with Crippen LogP contribution in [-0.2, 0) is 0 Å². The molecule has 0 saturated heterocycles. The molecular weight excluding hydrogens is 446 g/mol. The number of nitrogens with zero attached hydrogens (tertiary/aromatic N) is 5. The Labute approximate surface area is 201 Å². The summed E-state index contributed by atoms with van der Waals surface area (Å²) in [5.41, 5.74) is 3.03. The fraction of sp³-hybridized carbons (Fsp3) is 0.192. The van der Waals surface area contributed by atoms with Crippen molar-refractivity contribution in [3.05, 3.63) is 111 Å². The number of para-hydroxylation sites is 1. The second-order valence-corrected chi connectivity index (χ2v) is 8.41. The Morgan fingerprint density at radius 3 is 2.57 bits per heavy atom. The summed E-state index contributed by atoms with van der Waals surface area (Å²) in [6.07, 6.45) is 1.93. The molecule has 1 aromatic heterocycles. The fourth-order valence-corrected chi connectivity index (χ4v) is 4.59. The van der Waals surface area contributed by atoms with Crippen molar-refractivity contribution in [3.8, 4) is 5.75 Å². The number of ether oxygens (including phenoxy) is 1. The summed E-state index contributed by atoms with van der Waals surface area (Å²) >= 11 is 0. The average molecular weight is 470 g/mol. The van der Waals surface area contributed by atoms with Crippen LogP contribution >= 0.6 is 0 Å². The van der Waals surface area contributed by atoms with Crippen molar-refractivity contribution in [2.24, 2.45) is 0 Å². The highest BCUT2D eigenvalue weighted by Crippen LogP contribution is 2.44. The van der Waals surface area contributed by atoms with Crippen LogP contribution in [0.25, 0.3) is 0 Å². The van der Waals surface area contributed by atoms with Crippen molar-refractivity contribution in [3.63, 3.8) is 0 Å². The maximum absolute atomic E-state index is 13.8. The Morgan fingerprint density at radius 2 is 1.83 bits per heavy atom. The van der Waals surface area contributed by atoms with Crippen molar-refractivity contribution in [1.82, 2.24) is 14.8 Å². The lowest BCUT2D eigenvalue weighted by Crippen LogP contribution is -2.42. The number of nitro benzene ring substituents is 1. The van der Waals surface area contributed by atoms with E-state index in [1.54, 1.807) is 22.8 Å². The predicted molar refractivity (Wildman–Crippen MR) is 130 cm³/mol. The van der Waals surface area contributed by atoms with Gasteiger partial charge in [-0.05, 0) is 31.0 Å². The maximum Gasteiger partial charge on any atom is 0.270 e. The Balaban J connectivity index is 1.66. The minimum Gasteiger partial charge on any atom is -0.496 e. The number of carbonyl (C=O) groups is 1. The van der Waals surface area contributed by atoms with Crippen molar-refractivity contribution >= 4 is 17.5 Å². The van der Waals surface area contributed by atoms with Gasteiger partial charge in [-0.15, -0.1) is 0 Å². The van der Waals surface area contributed by atoms with Gasteiger partial charge < -0.3 is 4.74 Å². The van der Waals surface area contributed by atoms with Crippen LogP contribution in [0.1, 0.15) is 45.6 Å². The number of rotatable bonds is 5. The molecule has 176 valence electrons. The first-order valence-electron chi connectivity index (χ1n) is 11.1. The van der Waals surface area contributed by atoms with Gasteiger partial charge in [-0.2, -0.15) is 10.1 Å². The van der Waals surface area contributed by atoms with E-state index in [0.717, 1.165) is 22.4 Å². The molecule has 0 radical (unpaired) electrons. The summed E-state index contributed by atoms with van der Waals surface area (Å²) < 4.78 is 7.34. The van der Waals surface area contributed by atoms with Crippen LogP contribution in [0, 0.1) is 17.0 Å². The van der Waals surface area contributed by atoms with Crippen molar-refractivity contribution in [2.75, 3.05) is 12.0 Å². The number of amides is 1. The number of methoxy groups -OCH3 is 1. The molecule has 35 heavy (non-hydrogen) atoms. The molecule has 9 nitrogen and oxygen atoms in total. The number of aromatic nitrogens is 3. The number of carbonyl (C=O) groups excluding carboxylic acids is 1. The predicted octanol–water partition coefficient (Wildman–Crippen LogP) is 4.88. The zero-order valence-corrected chi connectivity index (χ0v) is 19.2. The number of anilines is 1. The molecule has 4 aromatic rings. The number of hydrogen-bond acceptors (Lipinski definition) is 6. The van der Waals surface area contributed by atoms with E-state index >= 15 is 0 Å². The van der Waals surface area contributed by atoms with Crippen LogP contribution in [-0.4, -0.2) is 32.7 Å². The Bertz CT molecular complexity index is 1400. The van der Waals surface area contributed by atoms with Gasteiger partial charge >= 0.3 is 0 Å². The summed E-state index contributed by atoms with van der Waals surface area (Å²) in [6, 6.07) is 20.9. The van der Waals surface area contributed by atoms with Crippen LogP contribution in [0.5, 0.6) is 5.75 Å². The Hall–Kier alpha value is -4.53. The molecule has 0 spiro atoms. The van der Waals surface area contributed by atoms with Gasteiger partial charge in [-0.25, -0.2) is 4.68 Å². The van der Waals surface area contributed by atoms with Gasteiger partial charge in [-0.3, -0.25) is 19.8 Å². The molecule has 5 rings (SSSR count). The highest BCUT2D eigenvalue weighted by Gasteiger charge is 2.40. The second-order valence-electron chi connectivity index (χ2n) is 8.41. The van der Waals surface area contributed by atoms with E-state index < -0.39 is 4.92 Å². The smallest absolute Gasteiger partial charge is 0.270 e. The first kappa shape index (κ1) is 22.3. The molecule has 0 saturated carbocycles. The molecule has 9 heteroatoms. The van der Waals surface area contributed by atoms with E-state index in [4.69, 9.17) is 4.74 Å². The zero-order chi connectivity index (χ0) is 24.5. The lowest BCUT2D eigenvalue weighted by atomic mass is 9.90. The van der Waals surface area contributed by atoms with E-state index in [0.29, 0.717) is 12.4 Å². The lowest BCUT2D eigenvalue weighted by molar-refractivity contribution is -0.384. The molecule has 1 aliphatic heterocycles. The van der Waals surface area contributed by atoms with E-state index in [9.17, 15) is 14.9 Å². The molecule has 0 bridgehead atoms. The van der Waals surface area contributed by atoms with Gasteiger partial charge in [0.05, 0.1) is 24.1 Å². The number of fused-ring (bicyclic) bond motifs is 1. The van der Waals surface area contributed by atoms with Crippen molar-refractivity contribution in [1.29, 1.82) is 0 Å². The topological polar surface area (TPSA) is 103 Å². The molecule has 2 heterocycles. The highest BCUT2D eigenvalue weighted by atomic mass is 16.6.